The van der Waals surface area contributed by atoms with Crippen molar-refractivity contribution in [3.63, 3.8) is 0 Å². The van der Waals surface area contributed by atoms with Crippen LogP contribution in [0.25, 0.3) is 0 Å². The largest absolute Gasteiger partial charge is 0.491 e. The van der Waals surface area contributed by atoms with Gasteiger partial charge in [0.2, 0.25) is 0 Å². The van der Waals surface area contributed by atoms with Crippen LogP contribution < -0.4 is 9.46 Å². The van der Waals surface area contributed by atoms with E-state index in [0.717, 1.165) is 62.5 Å². The lowest BCUT2D eigenvalue weighted by molar-refractivity contribution is 0.174. The van der Waals surface area contributed by atoms with Crippen molar-refractivity contribution in [2.75, 3.05) is 32.7 Å². The molecule has 1 aromatic carbocycles. The van der Waals surface area contributed by atoms with Gasteiger partial charge in [-0.15, -0.1) is 0 Å². The summed E-state index contributed by atoms with van der Waals surface area (Å²) in [5, 5.41) is 0. The van der Waals surface area contributed by atoms with E-state index < -0.39 is 10.2 Å². The smallest absolute Gasteiger partial charge is 0.279 e. The molecule has 0 atom stereocenters. The molecule has 0 radical (unpaired) electrons. The first-order valence-electron chi connectivity index (χ1n) is 14.2. The maximum absolute atomic E-state index is 12.5. The van der Waals surface area contributed by atoms with E-state index >= 15 is 0 Å². The first-order valence-corrected chi connectivity index (χ1v) is 16.5. The number of hydrogen-bond acceptors (Lipinski definition) is 4. The second-order valence-corrected chi connectivity index (χ2v) is 14.1. The van der Waals surface area contributed by atoms with E-state index in [9.17, 15) is 8.42 Å². The van der Waals surface area contributed by atoms with Crippen molar-refractivity contribution >= 4 is 26.1 Å². The summed E-state index contributed by atoms with van der Waals surface area (Å²) in [7, 11) is -3.27. The van der Waals surface area contributed by atoms with Crippen LogP contribution in [0.15, 0.2) is 22.7 Å². The van der Waals surface area contributed by atoms with Crippen LogP contribution in [0.2, 0.25) is 0 Å². The highest BCUT2D eigenvalue weighted by atomic mass is 79.9. The Bertz CT molecular complexity index is 920. The van der Waals surface area contributed by atoms with E-state index in [4.69, 9.17) is 4.74 Å². The van der Waals surface area contributed by atoms with Crippen LogP contribution in [-0.2, 0) is 16.6 Å². The van der Waals surface area contributed by atoms with E-state index in [1.165, 1.54) is 55.4 Å². The summed E-state index contributed by atoms with van der Waals surface area (Å²) < 4.78 is 36.7. The van der Waals surface area contributed by atoms with Gasteiger partial charge in [0.15, 0.2) is 0 Å². The molecule has 0 bridgehead atoms. The molecule has 204 valence electrons. The molecule has 4 rings (SSSR count). The van der Waals surface area contributed by atoms with Crippen molar-refractivity contribution in [3.8, 4) is 5.75 Å². The third-order valence-corrected chi connectivity index (χ3v) is 10.7. The molecule has 1 aromatic rings. The van der Waals surface area contributed by atoms with Crippen LogP contribution in [0.3, 0.4) is 0 Å². The van der Waals surface area contributed by atoms with E-state index in [2.05, 4.69) is 57.6 Å². The van der Waals surface area contributed by atoms with Crippen molar-refractivity contribution in [1.29, 1.82) is 0 Å². The summed E-state index contributed by atoms with van der Waals surface area (Å²) >= 11 is 3.74. The van der Waals surface area contributed by atoms with Crippen molar-refractivity contribution < 1.29 is 13.2 Å². The SMILES string of the molecule is CC(C)Oc1ccc(Br)c(CC2CCN(CCC[C@H]3CC[C@H](NS(=O)(=O)N4CCCC4)CC3)CC2)c1. The molecule has 1 aliphatic carbocycles. The topological polar surface area (TPSA) is 61.9 Å². The number of ether oxygens (including phenoxy) is 1. The second kappa shape index (κ2) is 13.4. The fourth-order valence-corrected chi connectivity index (χ4v) is 8.12. The van der Waals surface area contributed by atoms with Gasteiger partial charge < -0.3 is 9.64 Å². The molecular formula is C28H46BrN3O3S. The predicted molar refractivity (Wildman–Crippen MR) is 151 cm³/mol. The molecule has 2 heterocycles. The standard InChI is InChI=1S/C28H46BrN3O3S/c1-22(2)35-27-11-12-28(29)25(21-27)20-24-13-18-31(19-14-24)15-5-6-23-7-9-26(10-8-23)30-36(33,34)32-16-3-4-17-32/h11-12,21-24,26,30H,3-10,13-20H2,1-2H3/t23-,26-. The highest BCUT2D eigenvalue weighted by Crippen LogP contribution is 2.31. The summed E-state index contributed by atoms with van der Waals surface area (Å²) in [5.41, 5.74) is 1.37. The second-order valence-electron chi connectivity index (χ2n) is 11.5. The van der Waals surface area contributed by atoms with Crippen molar-refractivity contribution in [3.05, 3.63) is 28.2 Å². The maximum Gasteiger partial charge on any atom is 0.279 e. The van der Waals surface area contributed by atoms with Gasteiger partial charge in [-0.25, -0.2) is 0 Å². The molecule has 0 aromatic heterocycles. The lowest BCUT2D eigenvalue weighted by atomic mass is 9.83. The predicted octanol–water partition coefficient (Wildman–Crippen LogP) is 5.76. The zero-order valence-corrected chi connectivity index (χ0v) is 24.7. The van der Waals surface area contributed by atoms with Gasteiger partial charge in [-0.2, -0.15) is 17.4 Å². The highest BCUT2D eigenvalue weighted by Gasteiger charge is 2.30. The Hall–Kier alpha value is -0.670. The number of likely N-dealkylation sites (tertiary alicyclic amines) is 1. The number of hydrogen-bond donors (Lipinski definition) is 1. The van der Waals surface area contributed by atoms with Crippen molar-refractivity contribution in [1.82, 2.24) is 13.9 Å². The molecule has 0 unspecified atom stereocenters. The zero-order chi connectivity index (χ0) is 25.5. The van der Waals surface area contributed by atoms with Gasteiger partial charge in [0.1, 0.15) is 5.75 Å². The molecule has 1 saturated carbocycles. The summed E-state index contributed by atoms with van der Waals surface area (Å²) in [5.74, 6) is 2.47. The highest BCUT2D eigenvalue weighted by molar-refractivity contribution is 9.10. The summed E-state index contributed by atoms with van der Waals surface area (Å²) in [6.45, 7) is 9.12. The third-order valence-electron chi connectivity index (χ3n) is 8.26. The van der Waals surface area contributed by atoms with E-state index in [0.29, 0.717) is 13.1 Å². The number of nitrogens with one attached hydrogen (secondary N) is 1. The zero-order valence-electron chi connectivity index (χ0n) is 22.3. The maximum atomic E-state index is 12.5. The average molecular weight is 585 g/mol. The van der Waals surface area contributed by atoms with Crippen molar-refractivity contribution in [2.24, 2.45) is 11.8 Å². The van der Waals surface area contributed by atoms with Gasteiger partial charge in [-0.3, -0.25) is 0 Å². The molecule has 0 amide bonds. The minimum absolute atomic E-state index is 0.128. The van der Waals surface area contributed by atoms with Gasteiger partial charge in [0.25, 0.3) is 10.2 Å². The molecule has 0 spiro atoms. The lowest BCUT2D eigenvalue weighted by Crippen LogP contribution is -2.45. The number of benzene rings is 1. The van der Waals surface area contributed by atoms with Crippen LogP contribution in [0, 0.1) is 11.8 Å². The Balaban J connectivity index is 1.10. The van der Waals surface area contributed by atoms with Gasteiger partial charge in [0.05, 0.1) is 6.10 Å². The van der Waals surface area contributed by atoms with E-state index in [-0.39, 0.29) is 12.1 Å². The Kier molecular flexibility index (Phi) is 10.6. The first-order chi connectivity index (χ1) is 17.3. The average Bonchev–Trinajstić information content (AvgIpc) is 3.39. The summed E-state index contributed by atoms with van der Waals surface area (Å²) in [6, 6.07) is 6.51. The van der Waals surface area contributed by atoms with Crippen LogP contribution in [0.5, 0.6) is 5.75 Å². The Morgan fingerprint density at radius 1 is 1.00 bits per heavy atom. The Morgan fingerprint density at radius 2 is 1.69 bits per heavy atom. The van der Waals surface area contributed by atoms with E-state index in [1.807, 2.05) is 0 Å². The molecular weight excluding hydrogens is 538 g/mol. The number of halogens is 1. The monoisotopic (exact) mass is 583 g/mol. The molecule has 2 aliphatic heterocycles. The molecule has 1 N–H and O–H groups in total. The normalized spacial score (nSPS) is 25.0. The van der Waals surface area contributed by atoms with Gasteiger partial charge in [-0.05, 0) is 140 Å². The molecule has 6 nitrogen and oxygen atoms in total. The van der Waals surface area contributed by atoms with Gasteiger partial charge in [-0.1, -0.05) is 15.9 Å². The molecule has 36 heavy (non-hydrogen) atoms. The summed E-state index contributed by atoms with van der Waals surface area (Å²) in [6.07, 6.45) is 12.7. The fourth-order valence-electron chi connectivity index (χ4n) is 6.16. The van der Waals surface area contributed by atoms with Crippen LogP contribution in [0.4, 0.5) is 0 Å². The Morgan fingerprint density at radius 3 is 2.36 bits per heavy atom. The minimum Gasteiger partial charge on any atom is -0.491 e. The van der Waals surface area contributed by atoms with Crippen molar-refractivity contribution in [2.45, 2.75) is 96.6 Å². The minimum atomic E-state index is -3.27. The molecule has 2 saturated heterocycles. The number of nitrogens with zero attached hydrogens (tertiary/aromatic N) is 2. The van der Waals surface area contributed by atoms with Gasteiger partial charge >= 0.3 is 0 Å². The quantitative estimate of drug-likeness (QED) is 0.359. The number of rotatable bonds is 11. The third kappa shape index (κ3) is 8.42. The fraction of sp³-hybridized carbons (Fsp3) is 0.786. The lowest BCUT2D eigenvalue weighted by Gasteiger charge is -2.33. The van der Waals surface area contributed by atoms with Crippen LogP contribution >= 0.6 is 15.9 Å². The van der Waals surface area contributed by atoms with Crippen LogP contribution in [-0.4, -0.2) is 62.5 Å². The van der Waals surface area contributed by atoms with Gasteiger partial charge in [0, 0.05) is 23.6 Å². The van der Waals surface area contributed by atoms with E-state index in [1.54, 1.807) is 4.31 Å². The molecule has 3 fully saturated rings. The molecule has 3 aliphatic rings. The molecule has 8 heteroatoms. The number of piperidine rings is 1. The Labute approximate surface area is 227 Å². The summed E-state index contributed by atoms with van der Waals surface area (Å²) in [4.78, 5) is 2.65. The first kappa shape index (κ1) is 28.3. The van der Waals surface area contributed by atoms with Crippen LogP contribution in [0.1, 0.15) is 83.6 Å².